The van der Waals surface area contributed by atoms with E-state index in [1.54, 1.807) is 23.9 Å². The van der Waals surface area contributed by atoms with Crippen LogP contribution in [0.2, 0.25) is 0 Å². The van der Waals surface area contributed by atoms with Crippen molar-refractivity contribution >= 4 is 17.4 Å². The number of nitrogens with zero attached hydrogens (tertiary/aromatic N) is 1. The molecule has 15 heavy (non-hydrogen) atoms. The molecular formula is C10H13NO3S. The largest absolute Gasteiger partial charge is 0.486 e. The van der Waals surface area contributed by atoms with Gasteiger partial charge in [-0.3, -0.25) is 10.1 Å². The fourth-order valence-corrected chi connectivity index (χ4v) is 1.38. The third-order valence-electron chi connectivity index (χ3n) is 1.86. The van der Waals surface area contributed by atoms with Gasteiger partial charge >= 0.3 is 5.69 Å². The third kappa shape index (κ3) is 3.43. The van der Waals surface area contributed by atoms with E-state index in [1.807, 2.05) is 13.2 Å². The monoisotopic (exact) mass is 227 g/mol. The molecule has 0 aliphatic heterocycles. The minimum atomic E-state index is -0.415. The smallest absolute Gasteiger partial charge is 0.311 e. The van der Waals surface area contributed by atoms with Gasteiger partial charge in [0.1, 0.15) is 0 Å². The van der Waals surface area contributed by atoms with Crippen LogP contribution in [0.15, 0.2) is 18.2 Å². The Labute approximate surface area is 92.8 Å². The van der Waals surface area contributed by atoms with Gasteiger partial charge in [0.25, 0.3) is 0 Å². The van der Waals surface area contributed by atoms with E-state index in [0.29, 0.717) is 12.4 Å². The van der Waals surface area contributed by atoms with Crippen LogP contribution in [0.4, 0.5) is 5.69 Å². The number of hydrogen-bond acceptors (Lipinski definition) is 4. The molecule has 0 aliphatic carbocycles. The highest BCUT2D eigenvalue weighted by molar-refractivity contribution is 7.98. The van der Waals surface area contributed by atoms with Gasteiger partial charge in [-0.15, -0.1) is 0 Å². The van der Waals surface area contributed by atoms with Crippen LogP contribution in [0.5, 0.6) is 5.75 Å². The summed E-state index contributed by atoms with van der Waals surface area (Å²) in [6.07, 6.45) is 1.97. The molecule has 0 radical (unpaired) electrons. The number of thioether (sulfide) groups is 1. The van der Waals surface area contributed by atoms with Crippen LogP contribution in [0.25, 0.3) is 0 Å². The lowest BCUT2D eigenvalue weighted by Crippen LogP contribution is -2.02. The number of nitro benzene ring substituents is 1. The van der Waals surface area contributed by atoms with Crippen molar-refractivity contribution in [2.45, 2.75) is 6.92 Å². The number of hydrogen-bond donors (Lipinski definition) is 0. The summed E-state index contributed by atoms with van der Waals surface area (Å²) in [5, 5.41) is 10.7. The molecule has 0 aliphatic rings. The van der Waals surface area contributed by atoms with Crippen molar-refractivity contribution in [1.82, 2.24) is 0 Å². The van der Waals surface area contributed by atoms with Crippen molar-refractivity contribution in [2.75, 3.05) is 18.6 Å². The Morgan fingerprint density at radius 1 is 1.53 bits per heavy atom. The molecule has 1 aromatic carbocycles. The van der Waals surface area contributed by atoms with Gasteiger partial charge in [0, 0.05) is 11.8 Å². The number of aryl methyl sites for hydroxylation is 1. The van der Waals surface area contributed by atoms with Gasteiger partial charge < -0.3 is 4.74 Å². The molecule has 0 fully saturated rings. The fraction of sp³-hybridized carbons (Fsp3) is 0.400. The van der Waals surface area contributed by atoms with Crippen LogP contribution in [0.1, 0.15) is 5.56 Å². The van der Waals surface area contributed by atoms with E-state index in [4.69, 9.17) is 4.74 Å². The molecule has 0 bridgehead atoms. The number of ether oxygens (including phenoxy) is 1. The van der Waals surface area contributed by atoms with E-state index in [2.05, 4.69) is 0 Å². The molecule has 0 aromatic heterocycles. The lowest BCUT2D eigenvalue weighted by Gasteiger charge is -2.05. The number of benzene rings is 1. The molecular weight excluding hydrogens is 214 g/mol. The SMILES string of the molecule is CSCCOc1ccc(C)cc1[N+](=O)[O-]. The number of nitro groups is 1. The Balaban J connectivity index is 2.81. The molecule has 0 N–H and O–H groups in total. The maximum absolute atomic E-state index is 10.7. The third-order valence-corrected chi connectivity index (χ3v) is 2.43. The zero-order chi connectivity index (χ0) is 11.3. The van der Waals surface area contributed by atoms with E-state index < -0.39 is 4.92 Å². The van der Waals surface area contributed by atoms with E-state index in [9.17, 15) is 10.1 Å². The maximum Gasteiger partial charge on any atom is 0.311 e. The fourth-order valence-electron chi connectivity index (χ4n) is 1.13. The summed E-state index contributed by atoms with van der Waals surface area (Å²) in [5.74, 6) is 1.17. The average Bonchev–Trinajstić information content (AvgIpc) is 2.20. The molecule has 0 spiro atoms. The first-order valence-corrected chi connectivity index (χ1v) is 5.91. The van der Waals surface area contributed by atoms with Crippen LogP contribution < -0.4 is 4.74 Å². The zero-order valence-electron chi connectivity index (χ0n) is 8.73. The second kappa shape index (κ2) is 5.60. The molecule has 4 nitrogen and oxygen atoms in total. The van der Waals surface area contributed by atoms with Gasteiger partial charge in [0.05, 0.1) is 11.5 Å². The zero-order valence-corrected chi connectivity index (χ0v) is 9.54. The van der Waals surface area contributed by atoms with Crippen LogP contribution in [0.3, 0.4) is 0 Å². The second-order valence-electron chi connectivity index (χ2n) is 3.07. The standard InChI is InChI=1S/C10H13NO3S/c1-8-3-4-10(14-5-6-15-2)9(7-8)11(12)13/h3-4,7H,5-6H2,1-2H3. The maximum atomic E-state index is 10.7. The lowest BCUT2D eigenvalue weighted by molar-refractivity contribution is -0.385. The van der Waals surface area contributed by atoms with Gasteiger partial charge in [-0.25, -0.2) is 0 Å². The Bertz CT molecular complexity index is 355. The van der Waals surface area contributed by atoms with Crippen LogP contribution in [-0.4, -0.2) is 23.5 Å². The Morgan fingerprint density at radius 3 is 2.87 bits per heavy atom. The van der Waals surface area contributed by atoms with E-state index in [0.717, 1.165) is 11.3 Å². The topological polar surface area (TPSA) is 52.4 Å². The summed E-state index contributed by atoms with van der Waals surface area (Å²) in [4.78, 5) is 10.3. The van der Waals surface area contributed by atoms with Crippen molar-refractivity contribution in [3.05, 3.63) is 33.9 Å². The van der Waals surface area contributed by atoms with Gasteiger partial charge in [-0.1, -0.05) is 6.07 Å². The molecule has 82 valence electrons. The molecule has 0 unspecified atom stereocenters. The molecule has 0 saturated carbocycles. The van der Waals surface area contributed by atoms with Crippen LogP contribution in [0, 0.1) is 17.0 Å². The van der Waals surface area contributed by atoms with Crippen molar-refractivity contribution < 1.29 is 9.66 Å². The summed E-state index contributed by atoms with van der Waals surface area (Å²) in [6.45, 7) is 2.31. The summed E-state index contributed by atoms with van der Waals surface area (Å²) >= 11 is 1.64. The summed E-state index contributed by atoms with van der Waals surface area (Å²) < 4.78 is 5.33. The minimum absolute atomic E-state index is 0.0381. The van der Waals surface area contributed by atoms with Crippen molar-refractivity contribution in [3.63, 3.8) is 0 Å². The summed E-state index contributed by atoms with van der Waals surface area (Å²) in [6, 6.07) is 4.98. The molecule has 1 rings (SSSR count). The summed E-state index contributed by atoms with van der Waals surface area (Å²) in [5.41, 5.74) is 0.898. The first-order chi connectivity index (χ1) is 7.15. The minimum Gasteiger partial charge on any atom is -0.486 e. The van der Waals surface area contributed by atoms with Gasteiger partial charge in [-0.05, 0) is 24.8 Å². The normalized spacial score (nSPS) is 10.0. The second-order valence-corrected chi connectivity index (χ2v) is 4.06. The highest BCUT2D eigenvalue weighted by Gasteiger charge is 2.14. The van der Waals surface area contributed by atoms with Crippen LogP contribution in [-0.2, 0) is 0 Å². The highest BCUT2D eigenvalue weighted by Crippen LogP contribution is 2.27. The first-order valence-electron chi connectivity index (χ1n) is 4.52. The lowest BCUT2D eigenvalue weighted by atomic mass is 10.2. The molecule has 0 amide bonds. The molecule has 5 heteroatoms. The molecule has 0 saturated heterocycles. The predicted molar refractivity (Wildman–Crippen MR) is 61.7 cm³/mol. The highest BCUT2D eigenvalue weighted by atomic mass is 32.2. The molecule has 0 atom stereocenters. The Hall–Kier alpha value is -1.23. The van der Waals surface area contributed by atoms with Gasteiger partial charge in [0.2, 0.25) is 0 Å². The van der Waals surface area contributed by atoms with E-state index in [1.165, 1.54) is 6.07 Å². The first kappa shape index (κ1) is 11.8. The van der Waals surface area contributed by atoms with Gasteiger partial charge in [0.15, 0.2) is 5.75 Å². The Morgan fingerprint density at radius 2 is 2.27 bits per heavy atom. The quantitative estimate of drug-likeness (QED) is 0.441. The van der Waals surface area contributed by atoms with Crippen LogP contribution >= 0.6 is 11.8 Å². The average molecular weight is 227 g/mol. The van der Waals surface area contributed by atoms with Crippen molar-refractivity contribution in [3.8, 4) is 5.75 Å². The van der Waals surface area contributed by atoms with E-state index in [-0.39, 0.29) is 5.69 Å². The predicted octanol–water partition coefficient (Wildman–Crippen LogP) is 2.65. The van der Waals surface area contributed by atoms with E-state index >= 15 is 0 Å². The number of rotatable bonds is 5. The van der Waals surface area contributed by atoms with Gasteiger partial charge in [-0.2, -0.15) is 11.8 Å². The van der Waals surface area contributed by atoms with Crippen molar-refractivity contribution in [2.24, 2.45) is 0 Å². The molecule has 0 heterocycles. The summed E-state index contributed by atoms with van der Waals surface area (Å²) in [7, 11) is 0. The molecule has 1 aromatic rings. The van der Waals surface area contributed by atoms with Crippen molar-refractivity contribution in [1.29, 1.82) is 0 Å². The Kier molecular flexibility index (Phi) is 4.42.